The third-order valence-corrected chi connectivity index (χ3v) is 3.91. The summed E-state index contributed by atoms with van der Waals surface area (Å²) < 4.78 is 26.0. The summed E-state index contributed by atoms with van der Waals surface area (Å²) in [7, 11) is 1.51. The van der Waals surface area contributed by atoms with E-state index in [1.807, 2.05) is 0 Å². The average Bonchev–Trinajstić information content (AvgIpc) is 3.23. The Morgan fingerprint density at radius 2 is 2.26 bits per heavy atom. The third kappa shape index (κ3) is 2.43. The lowest BCUT2D eigenvalue weighted by Gasteiger charge is -2.09. The van der Waals surface area contributed by atoms with E-state index in [-0.39, 0.29) is 11.9 Å². The lowest BCUT2D eigenvalue weighted by atomic mass is 10.1. The predicted octanol–water partition coefficient (Wildman–Crippen LogP) is 2.79. The molecular formula is C16H15FN4O2. The first kappa shape index (κ1) is 14.1. The zero-order chi connectivity index (χ0) is 15.8. The second-order valence-electron chi connectivity index (χ2n) is 5.36. The highest BCUT2D eigenvalue weighted by Crippen LogP contribution is 2.31. The maximum atomic E-state index is 13.4. The highest BCUT2D eigenvalue weighted by atomic mass is 19.1. The van der Waals surface area contributed by atoms with E-state index in [1.54, 1.807) is 22.8 Å². The van der Waals surface area contributed by atoms with Gasteiger partial charge in [-0.05, 0) is 31.0 Å². The Bertz CT molecular complexity index is 858. The third-order valence-electron chi connectivity index (χ3n) is 3.91. The van der Waals surface area contributed by atoms with Crippen molar-refractivity contribution in [1.82, 2.24) is 19.6 Å². The minimum Gasteiger partial charge on any atom is -0.496 e. The van der Waals surface area contributed by atoms with Gasteiger partial charge in [0, 0.05) is 24.4 Å². The molecule has 0 unspecified atom stereocenters. The van der Waals surface area contributed by atoms with E-state index in [9.17, 15) is 4.39 Å². The molecule has 3 heterocycles. The number of ether oxygens (including phenoxy) is 2. The molecule has 0 bridgehead atoms. The molecule has 1 fully saturated rings. The first-order chi connectivity index (χ1) is 11.3. The highest BCUT2D eigenvalue weighted by Gasteiger charge is 2.23. The van der Waals surface area contributed by atoms with Gasteiger partial charge in [0.15, 0.2) is 5.82 Å². The van der Waals surface area contributed by atoms with Crippen molar-refractivity contribution < 1.29 is 13.9 Å². The van der Waals surface area contributed by atoms with Crippen molar-refractivity contribution in [3.05, 3.63) is 42.1 Å². The van der Waals surface area contributed by atoms with E-state index in [2.05, 4.69) is 15.1 Å². The summed E-state index contributed by atoms with van der Waals surface area (Å²) in [4.78, 5) is 8.71. The molecule has 1 aliphatic rings. The van der Waals surface area contributed by atoms with Crippen molar-refractivity contribution in [3.8, 4) is 17.0 Å². The molecule has 118 valence electrons. The SMILES string of the molecule is COc1cc(F)ccc1-c1ccnc2nc([C@H]3CCCO3)nn12. The molecule has 3 aromatic rings. The van der Waals surface area contributed by atoms with E-state index in [1.165, 1.54) is 19.2 Å². The van der Waals surface area contributed by atoms with Crippen LogP contribution in [0.1, 0.15) is 24.8 Å². The van der Waals surface area contributed by atoms with Crippen LogP contribution in [0.25, 0.3) is 17.0 Å². The van der Waals surface area contributed by atoms with Crippen LogP contribution >= 0.6 is 0 Å². The minimum atomic E-state index is -0.352. The van der Waals surface area contributed by atoms with Gasteiger partial charge in [0.05, 0.1) is 12.8 Å². The molecule has 7 heteroatoms. The Labute approximate surface area is 131 Å². The summed E-state index contributed by atoms with van der Waals surface area (Å²) >= 11 is 0. The highest BCUT2D eigenvalue weighted by molar-refractivity contribution is 5.68. The van der Waals surface area contributed by atoms with Crippen molar-refractivity contribution in [2.24, 2.45) is 0 Å². The van der Waals surface area contributed by atoms with Crippen LogP contribution in [0.3, 0.4) is 0 Å². The Morgan fingerprint density at radius 1 is 1.35 bits per heavy atom. The van der Waals surface area contributed by atoms with Gasteiger partial charge in [-0.25, -0.2) is 9.37 Å². The fraction of sp³-hybridized carbons (Fsp3) is 0.312. The van der Waals surface area contributed by atoms with Crippen LogP contribution in [0.2, 0.25) is 0 Å². The summed E-state index contributed by atoms with van der Waals surface area (Å²) in [5.41, 5.74) is 1.47. The number of aromatic nitrogens is 4. The van der Waals surface area contributed by atoms with E-state index in [0.717, 1.165) is 30.7 Å². The van der Waals surface area contributed by atoms with Gasteiger partial charge in [-0.2, -0.15) is 9.50 Å². The number of rotatable bonds is 3. The van der Waals surface area contributed by atoms with Crippen LogP contribution in [0.5, 0.6) is 5.75 Å². The number of fused-ring (bicyclic) bond motifs is 1. The van der Waals surface area contributed by atoms with Gasteiger partial charge in [0.1, 0.15) is 17.7 Å². The lowest BCUT2D eigenvalue weighted by Crippen LogP contribution is -2.00. The molecule has 0 saturated carbocycles. The normalized spacial score (nSPS) is 17.7. The predicted molar refractivity (Wildman–Crippen MR) is 80.7 cm³/mol. The number of benzene rings is 1. The number of methoxy groups -OCH3 is 1. The van der Waals surface area contributed by atoms with Gasteiger partial charge in [-0.1, -0.05) is 0 Å². The molecule has 23 heavy (non-hydrogen) atoms. The van der Waals surface area contributed by atoms with Gasteiger partial charge in [-0.15, -0.1) is 5.10 Å². The van der Waals surface area contributed by atoms with Crippen LogP contribution in [-0.2, 0) is 4.74 Å². The van der Waals surface area contributed by atoms with Crippen LogP contribution in [0.15, 0.2) is 30.5 Å². The van der Waals surface area contributed by atoms with Crippen molar-refractivity contribution >= 4 is 5.78 Å². The fourth-order valence-electron chi connectivity index (χ4n) is 2.81. The number of halogens is 1. The molecule has 0 radical (unpaired) electrons. The number of nitrogens with zero attached hydrogens (tertiary/aromatic N) is 4. The van der Waals surface area contributed by atoms with E-state index >= 15 is 0 Å². The second-order valence-corrected chi connectivity index (χ2v) is 5.36. The Balaban J connectivity index is 1.87. The molecule has 1 aromatic carbocycles. The molecule has 6 nitrogen and oxygen atoms in total. The van der Waals surface area contributed by atoms with Crippen molar-refractivity contribution in [3.63, 3.8) is 0 Å². The smallest absolute Gasteiger partial charge is 0.253 e. The minimum absolute atomic E-state index is 0.0836. The molecular weight excluding hydrogens is 299 g/mol. The summed E-state index contributed by atoms with van der Waals surface area (Å²) in [6, 6.07) is 6.20. The van der Waals surface area contributed by atoms with Gasteiger partial charge < -0.3 is 9.47 Å². The molecule has 2 aromatic heterocycles. The summed E-state index contributed by atoms with van der Waals surface area (Å²) in [5.74, 6) is 1.20. The monoisotopic (exact) mass is 314 g/mol. The van der Waals surface area contributed by atoms with Crippen LogP contribution in [0.4, 0.5) is 4.39 Å². The Morgan fingerprint density at radius 3 is 3.04 bits per heavy atom. The largest absolute Gasteiger partial charge is 0.496 e. The first-order valence-electron chi connectivity index (χ1n) is 7.43. The molecule has 0 N–H and O–H groups in total. The van der Waals surface area contributed by atoms with Crippen LogP contribution in [0, 0.1) is 5.82 Å². The average molecular weight is 314 g/mol. The zero-order valence-corrected chi connectivity index (χ0v) is 12.6. The number of hydrogen-bond donors (Lipinski definition) is 0. The summed E-state index contributed by atoms with van der Waals surface area (Å²) in [5, 5.41) is 4.54. The molecule has 0 aliphatic carbocycles. The molecule has 4 rings (SSSR count). The zero-order valence-electron chi connectivity index (χ0n) is 12.6. The Kier molecular flexibility index (Phi) is 3.42. The van der Waals surface area contributed by atoms with Gasteiger partial charge >= 0.3 is 0 Å². The van der Waals surface area contributed by atoms with E-state index in [4.69, 9.17) is 9.47 Å². The molecule has 0 spiro atoms. The van der Waals surface area contributed by atoms with Crippen LogP contribution in [-0.4, -0.2) is 33.3 Å². The van der Waals surface area contributed by atoms with Gasteiger partial charge in [-0.3, -0.25) is 0 Å². The van der Waals surface area contributed by atoms with Crippen molar-refractivity contribution in [1.29, 1.82) is 0 Å². The molecule has 1 saturated heterocycles. The lowest BCUT2D eigenvalue weighted by molar-refractivity contribution is 0.105. The van der Waals surface area contributed by atoms with Gasteiger partial charge in [0.2, 0.25) is 0 Å². The maximum Gasteiger partial charge on any atom is 0.253 e. The van der Waals surface area contributed by atoms with E-state index < -0.39 is 0 Å². The van der Waals surface area contributed by atoms with E-state index in [0.29, 0.717) is 17.4 Å². The fourth-order valence-corrected chi connectivity index (χ4v) is 2.81. The number of hydrogen-bond acceptors (Lipinski definition) is 5. The molecule has 0 amide bonds. The Hall–Kier alpha value is -2.54. The van der Waals surface area contributed by atoms with Crippen molar-refractivity contribution in [2.75, 3.05) is 13.7 Å². The standard InChI is InChI=1S/C16H15FN4O2/c1-22-14-9-10(17)4-5-11(14)12-6-7-18-16-19-15(20-21(12)16)13-3-2-8-23-13/h4-7,9,13H,2-3,8H2,1H3/t13-/m1/s1. The molecule has 1 atom stereocenters. The van der Waals surface area contributed by atoms with Crippen molar-refractivity contribution in [2.45, 2.75) is 18.9 Å². The van der Waals surface area contributed by atoms with Crippen LogP contribution < -0.4 is 4.74 Å². The maximum absolute atomic E-state index is 13.4. The molecule has 1 aliphatic heterocycles. The topological polar surface area (TPSA) is 61.5 Å². The summed E-state index contributed by atoms with van der Waals surface area (Å²) in [6.45, 7) is 0.728. The second kappa shape index (κ2) is 5.58. The summed E-state index contributed by atoms with van der Waals surface area (Å²) in [6.07, 6.45) is 3.49. The first-order valence-corrected chi connectivity index (χ1v) is 7.43. The quantitative estimate of drug-likeness (QED) is 0.744. The van der Waals surface area contributed by atoms with Gasteiger partial charge in [0.25, 0.3) is 5.78 Å².